The molecule has 1 fully saturated rings. The van der Waals surface area contributed by atoms with Crippen molar-refractivity contribution in [2.75, 3.05) is 0 Å². The SMILES string of the molecule is CC1[CH]CC(C)(C)C1. The lowest BCUT2D eigenvalue weighted by Crippen LogP contribution is -2.03. The first-order chi connectivity index (χ1) is 3.60. The molecule has 0 N–H and O–H groups in total. The molecule has 1 aliphatic carbocycles. The molecule has 0 aromatic carbocycles. The summed E-state index contributed by atoms with van der Waals surface area (Å²) < 4.78 is 0. The van der Waals surface area contributed by atoms with Crippen molar-refractivity contribution in [3.8, 4) is 0 Å². The molecule has 0 amide bonds. The third-order valence-electron chi connectivity index (χ3n) is 1.95. The molecule has 1 radical (unpaired) electrons. The third kappa shape index (κ3) is 1.24. The Balaban J connectivity index is 2.44. The van der Waals surface area contributed by atoms with Gasteiger partial charge in [-0.3, -0.25) is 0 Å². The summed E-state index contributed by atoms with van der Waals surface area (Å²) in [5.74, 6) is 0.866. The highest BCUT2D eigenvalue weighted by atomic mass is 14.3. The monoisotopic (exact) mass is 111 g/mol. The van der Waals surface area contributed by atoms with Gasteiger partial charge in [-0.1, -0.05) is 20.8 Å². The summed E-state index contributed by atoms with van der Waals surface area (Å²) in [5.41, 5.74) is 0.611. The number of hydrogen-bond acceptors (Lipinski definition) is 0. The Hall–Kier alpha value is 0. The zero-order valence-corrected chi connectivity index (χ0v) is 6.07. The van der Waals surface area contributed by atoms with Crippen LogP contribution in [0.2, 0.25) is 0 Å². The van der Waals surface area contributed by atoms with E-state index in [2.05, 4.69) is 27.2 Å². The second kappa shape index (κ2) is 1.75. The molecule has 0 spiro atoms. The van der Waals surface area contributed by atoms with Gasteiger partial charge in [0, 0.05) is 0 Å². The zero-order chi connectivity index (χ0) is 6.20. The van der Waals surface area contributed by atoms with E-state index in [1.807, 2.05) is 0 Å². The highest BCUT2D eigenvalue weighted by molar-refractivity contribution is 4.91. The Labute approximate surface area is 52.3 Å². The quantitative estimate of drug-likeness (QED) is 0.451. The lowest BCUT2D eigenvalue weighted by molar-refractivity contribution is 0.367. The maximum Gasteiger partial charge on any atom is -0.0349 e. The fourth-order valence-electron chi connectivity index (χ4n) is 1.56. The van der Waals surface area contributed by atoms with Crippen LogP contribution in [0, 0.1) is 17.8 Å². The number of hydrogen-bond donors (Lipinski definition) is 0. The van der Waals surface area contributed by atoms with Crippen LogP contribution in [-0.2, 0) is 0 Å². The van der Waals surface area contributed by atoms with Gasteiger partial charge < -0.3 is 0 Å². The van der Waals surface area contributed by atoms with E-state index in [0.29, 0.717) is 5.41 Å². The Morgan fingerprint density at radius 3 is 2.25 bits per heavy atom. The summed E-state index contributed by atoms with van der Waals surface area (Å²) in [7, 11) is 0. The Morgan fingerprint density at radius 2 is 2.12 bits per heavy atom. The second-order valence-corrected chi connectivity index (χ2v) is 3.79. The van der Waals surface area contributed by atoms with E-state index >= 15 is 0 Å². The molecular formula is C8H15. The first-order valence-electron chi connectivity index (χ1n) is 3.43. The van der Waals surface area contributed by atoms with E-state index in [4.69, 9.17) is 0 Å². The van der Waals surface area contributed by atoms with E-state index < -0.39 is 0 Å². The molecule has 8 heavy (non-hydrogen) atoms. The number of rotatable bonds is 0. The molecule has 1 saturated carbocycles. The minimum Gasteiger partial charge on any atom is -0.0622 e. The van der Waals surface area contributed by atoms with Crippen LogP contribution < -0.4 is 0 Å². The van der Waals surface area contributed by atoms with Crippen molar-refractivity contribution in [1.29, 1.82) is 0 Å². The molecule has 0 heterocycles. The average Bonchev–Trinajstić information content (AvgIpc) is 1.82. The molecular weight excluding hydrogens is 96.1 g/mol. The first-order valence-corrected chi connectivity index (χ1v) is 3.43. The molecule has 0 aliphatic heterocycles. The van der Waals surface area contributed by atoms with Crippen LogP contribution in [0.1, 0.15) is 33.6 Å². The molecule has 1 rings (SSSR count). The predicted octanol–water partition coefficient (Wildman–Crippen LogP) is 2.65. The van der Waals surface area contributed by atoms with Gasteiger partial charge in [-0.15, -0.1) is 0 Å². The Bertz CT molecular complexity index is 82.0. The van der Waals surface area contributed by atoms with Crippen molar-refractivity contribution in [2.45, 2.75) is 33.6 Å². The van der Waals surface area contributed by atoms with Crippen molar-refractivity contribution < 1.29 is 0 Å². The standard InChI is InChI=1S/C8H15/c1-7-4-5-8(2,3)6-7/h4,7H,5-6H2,1-3H3. The summed E-state index contributed by atoms with van der Waals surface area (Å²) in [5, 5.41) is 0. The van der Waals surface area contributed by atoms with Crippen LogP contribution in [0.15, 0.2) is 0 Å². The lowest BCUT2D eigenvalue weighted by atomic mass is 9.91. The van der Waals surface area contributed by atoms with Gasteiger partial charge in [0.15, 0.2) is 0 Å². The van der Waals surface area contributed by atoms with Crippen molar-refractivity contribution in [2.24, 2.45) is 11.3 Å². The maximum absolute atomic E-state index is 2.43. The average molecular weight is 111 g/mol. The van der Waals surface area contributed by atoms with E-state index in [-0.39, 0.29) is 0 Å². The van der Waals surface area contributed by atoms with Crippen molar-refractivity contribution in [3.05, 3.63) is 6.42 Å². The molecule has 0 bridgehead atoms. The van der Waals surface area contributed by atoms with Gasteiger partial charge >= 0.3 is 0 Å². The molecule has 0 nitrogen and oxygen atoms in total. The molecule has 1 atom stereocenters. The van der Waals surface area contributed by atoms with Gasteiger partial charge in [0.2, 0.25) is 0 Å². The minimum absolute atomic E-state index is 0.611. The molecule has 1 unspecified atom stereocenters. The smallest absolute Gasteiger partial charge is 0.0349 e. The minimum atomic E-state index is 0.611. The molecule has 1 aliphatic rings. The molecule has 0 saturated heterocycles. The third-order valence-corrected chi connectivity index (χ3v) is 1.95. The van der Waals surface area contributed by atoms with Crippen LogP contribution in [0.4, 0.5) is 0 Å². The summed E-state index contributed by atoms with van der Waals surface area (Å²) in [6.45, 7) is 6.98. The van der Waals surface area contributed by atoms with E-state index in [1.54, 1.807) is 0 Å². The second-order valence-electron chi connectivity index (χ2n) is 3.79. The van der Waals surface area contributed by atoms with Crippen LogP contribution in [0.5, 0.6) is 0 Å². The van der Waals surface area contributed by atoms with Crippen molar-refractivity contribution in [1.82, 2.24) is 0 Å². The summed E-state index contributed by atoms with van der Waals surface area (Å²) in [6.07, 6.45) is 5.13. The molecule has 47 valence electrons. The largest absolute Gasteiger partial charge is 0.0622 e. The van der Waals surface area contributed by atoms with Gasteiger partial charge in [0.05, 0.1) is 0 Å². The summed E-state index contributed by atoms with van der Waals surface area (Å²) in [6, 6.07) is 0. The Morgan fingerprint density at radius 1 is 1.50 bits per heavy atom. The molecule has 0 aromatic heterocycles. The fraction of sp³-hybridized carbons (Fsp3) is 0.875. The zero-order valence-electron chi connectivity index (χ0n) is 6.07. The normalized spacial score (nSPS) is 35.6. The van der Waals surface area contributed by atoms with Gasteiger partial charge in [-0.05, 0) is 30.6 Å². The fourth-order valence-corrected chi connectivity index (χ4v) is 1.56. The van der Waals surface area contributed by atoms with Gasteiger partial charge in [0.25, 0.3) is 0 Å². The van der Waals surface area contributed by atoms with E-state index in [0.717, 1.165) is 5.92 Å². The first kappa shape index (κ1) is 6.12. The van der Waals surface area contributed by atoms with E-state index in [1.165, 1.54) is 12.8 Å². The lowest BCUT2D eigenvalue weighted by Gasteiger charge is -2.15. The Kier molecular flexibility index (Phi) is 1.34. The van der Waals surface area contributed by atoms with Crippen molar-refractivity contribution >= 4 is 0 Å². The van der Waals surface area contributed by atoms with Crippen LogP contribution in [-0.4, -0.2) is 0 Å². The van der Waals surface area contributed by atoms with Crippen LogP contribution in [0.25, 0.3) is 0 Å². The van der Waals surface area contributed by atoms with Gasteiger partial charge in [0.1, 0.15) is 0 Å². The van der Waals surface area contributed by atoms with Gasteiger partial charge in [-0.2, -0.15) is 0 Å². The maximum atomic E-state index is 2.43. The predicted molar refractivity (Wildman–Crippen MR) is 36.5 cm³/mol. The highest BCUT2D eigenvalue weighted by Crippen LogP contribution is 2.39. The van der Waals surface area contributed by atoms with Crippen LogP contribution in [0.3, 0.4) is 0 Å². The summed E-state index contributed by atoms with van der Waals surface area (Å²) in [4.78, 5) is 0. The highest BCUT2D eigenvalue weighted by Gasteiger charge is 2.27. The van der Waals surface area contributed by atoms with Gasteiger partial charge in [-0.25, -0.2) is 0 Å². The van der Waals surface area contributed by atoms with E-state index in [9.17, 15) is 0 Å². The van der Waals surface area contributed by atoms with Crippen molar-refractivity contribution in [3.63, 3.8) is 0 Å². The molecule has 0 heteroatoms. The summed E-state index contributed by atoms with van der Waals surface area (Å²) >= 11 is 0. The van der Waals surface area contributed by atoms with Crippen LogP contribution >= 0.6 is 0 Å². The molecule has 0 aromatic rings. The topological polar surface area (TPSA) is 0 Å².